The third kappa shape index (κ3) is 3.68. The van der Waals surface area contributed by atoms with Gasteiger partial charge in [0.25, 0.3) is 5.91 Å². The Morgan fingerprint density at radius 2 is 2.05 bits per heavy atom. The van der Waals surface area contributed by atoms with Gasteiger partial charge in [-0.15, -0.1) is 6.42 Å². The standard InChI is InChI=1S/C17H19IN2O2/c1-3-5-11-19(10-4-2)15-12-16(21)20(17(15)22)14-8-6-13(18)7-9-14/h2,6-9,15H,3,5,10-12H2,1H3. The molecule has 1 heterocycles. The molecule has 0 bridgehead atoms. The number of anilines is 1. The predicted octanol–water partition coefficient (Wildman–Crippen LogP) is 2.66. The van der Waals surface area contributed by atoms with Crippen LogP contribution >= 0.6 is 22.6 Å². The summed E-state index contributed by atoms with van der Waals surface area (Å²) in [4.78, 5) is 28.2. The molecule has 2 rings (SSSR count). The number of benzene rings is 1. The molecule has 1 aliphatic heterocycles. The Balaban J connectivity index is 2.19. The first-order chi connectivity index (χ1) is 10.6. The summed E-state index contributed by atoms with van der Waals surface area (Å²) in [5, 5.41) is 0. The van der Waals surface area contributed by atoms with Gasteiger partial charge in [-0.3, -0.25) is 14.5 Å². The summed E-state index contributed by atoms with van der Waals surface area (Å²) in [6.07, 6.45) is 7.60. The Hall–Kier alpha value is -1.39. The predicted molar refractivity (Wildman–Crippen MR) is 95.4 cm³/mol. The lowest BCUT2D eigenvalue weighted by Crippen LogP contribution is -2.42. The summed E-state index contributed by atoms with van der Waals surface area (Å²) >= 11 is 2.19. The largest absolute Gasteiger partial charge is 0.280 e. The fourth-order valence-corrected chi connectivity index (χ4v) is 2.95. The van der Waals surface area contributed by atoms with Crippen LogP contribution in [0.3, 0.4) is 0 Å². The second-order valence-corrected chi connectivity index (χ2v) is 6.54. The highest BCUT2D eigenvalue weighted by molar-refractivity contribution is 14.1. The van der Waals surface area contributed by atoms with E-state index in [1.165, 1.54) is 4.90 Å². The molecule has 5 heteroatoms. The SMILES string of the molecule is C#CCN(CCCC)C1CC(=O)N(c2ccc(I)cc2)C1=O. The van der Waals surface area contributed by atoms with Gasteiger partial charge in [0.15, 0.2) is 0 Å². The number of carbonyl (C=O) groups excluding carboxylic acids is 2. The Bertz CT molecular complexity index is 592. The normalized spacial score (nSPS) is 18.1. The number of hydrogen-bond acceptors (Lipinski definition) is 3. The number of carbonyl (C=O) groups is 2. The molecule has 0 spiro atoms. The lowest BCUT2D eigenvalue weighted by Gasteiger charge is -2.25. The van der Waals surface area contributed by atoms with Gasteiger partial charge in [0.1, 0.15) is 0 Å². The summed E-state index contributed by atoms with van der Waals surface area (Å²) in [5.41, 5.74) is 0.633. The van der Waals surface area contributed by atoms with Crippen LogP contribution in [0.1, 0.15) is 26.2 Å². The zero-order valence-electron chi connectivity index (χ0n) is 12.6. The molecule has 4 nitrogen and oxygen atoms in total. The summed E-state index contributed by atoms with van der Waals surface area (Å²) in [7, 11) is 0. The van der Waals surface area contributed by atoms with Crippen LogP contribution in [0, 0.1) is 15.9 Å². The zero-order valence-corrected chi connectivity index (χ0v) is 14.7. The van der Waals surface area contributed by atoms with Crippen molar-refractivity contribution in [1.29, 1.82) is 0 Å². The van der Waals surface area contributed by atoms with Crippen LogP contribution in [-0.2, 0) is 9.59 Å². The number of hydrogen-bond donors (Lipinski definition) is 0. The fraction of sp³-hybridized carbons (Fsp3) is 0.412. The second-order valence-electron chi connectivity index (χ2n) is 5.29. The maximum Gasteiger partial charge on any atom is 0.251 e. The van der Waals surface area contributed by atoms with Gasteiger partial charge in [-0.05, 0) is 59.8 Å². The molecule has 1 aromatic carbocycles. The monoisotopic (exact) mass is 410 g/mol. The van der Waals surface area contributed by atoms with Crippen molar-refractivity contribution in [3.63, 3.8) is 0 Å². The summed E-state index contributed by atoms with van der Waals surface area (Å²) < 4.78 is 1.06. The summed E-state index contributed by atoms with van der Waals surface area (Å²) in [5.74, 6) is 2.27. The van der Waals surface area contributed by atoms with E-state index in [9.17, 15) is 9.59 Å². The molecule has 0 saturated carbocycles. The van der Waals surface area contributed by atoms with E-state index in [1.807, 2.05) is 17.0 Å². The first-order valence-corrected chi connectivity index (χ1v) is 8.46. The average Bonchev–Trinajstić information content (AvgIpc) is 2.80. The fourth-order valence-electron chi connectivity index (χ4n) is 2.59. The topological polar surface area (TPSA) is 40.6 Å². The van der Waals surface area contributed by atoms with Crippen LogP contribution in [0.4, 0.5) is 5.69 Å². The van der Waals surface area contributed by atoms with Crippen LogP contribution in [0.5, 0.6) is 0 Å². The second kappa shape index (κ2) is 7.75. The number of halogens is 1. The highest BCUT2D eigenvalue weighted by Gasteiger charge is 2.42. The van der Waals surface area contributed by atoms with Crippen molar-refractivity contribution in [1.82, 2.24) is 4.90 Å². The molecule has 1 aromatic rings. The van der Waals surface area contributed by atoms with Crippen LogP contribution in [0.2, 0.25) is 0 Å². The Morgan fingerprint density at radius 1 is 1.36 bits per heavy atom. The summed E-state index contributed by atoms with van der Waals surface area (Å²) in [6.45, 7) is 3.22. The molecule has 1 aliphatic rings. The van der Waals surface area contributed by atoms with E-state index in [0.717, 1.165) is 23.0 Å². The lowest BCUT2D eigenvalue weighted by molar-refractivity contribution is -0.122. The Kier molecular flexibility index (Phi) is 5.98. The van der Waals surface area contributed by atoms with Crippen molar-refractivity contribution in [3.05, 3.63) is 27.8 Å². The van der Waals surface area contributed by atoms with Gasteiger partial charge in [0.05, 0.1) is 24.7 Å². The number of rotatable bonds is 6. The van der Waals surface area contributed by atoms with Crippen molar-refractivity contribution in [2.75, 3.05) is 18.0 Å². The minimum Gasteiger partial charge on any atom is -0.280 e. The molecule has 2 amide bonds. The van der Waals surface area contributed by atoms with Gasteiger partial charge in [0.2, 0.25) is 5.91 Å². The van der Waals surface area contributed by atoms with Crippen molar-refractivity contribution in [2.24, 2.45) is 0 Å². The molecule has 22 heavy (non-hydrogen) atoms. The maximum atomic E-state index is 12.7. The first kappa shape index (κ1) is 17.0. The first-order valence-electron chi connectivity index (χ1n) is 7.38. The van der Waals surface area contributed by atoms with Gasteiger partial charge < -0.3 is 0 Å². The van der Waals surface area contributed by atoms with Gasteiger partial charge in [0, 0.05) is 3.57 Å². The van der Waals surface area contributed by atoms with E-state index < -0.39 is 6.04 Å². The number of terminal acetylenes is 1. The maximum absolute atomic E-state index is 12.7. The Labute approximate surface area is 145 Å². The van der Waals surface area contributed by atoms with E-state index >= 15 is 0 Å². The molecule has 0 radical (unpaired) electrons. The highest BCUT2D eigenvalue weighted by Crippen LogP contribution is 2.26. The highest BCUT2D eigenvalue weighted by atomic mass is 127. The zero-order chi connectivity index (χ0) is 16.1. The van der Waals surface area contributed by atoms with E-state index in [1.54, 1.807) is 12.1 Å². The van der Waals surface area contributed by atoms with Crippen molar-refractivity contribution >= 4 is 40.1 Å². The van der Waals surface area contributed by atoms with Crippen molar-refractivity contribution in [3.8, 4) is 12.3 Å². The van der Waals surface area contributed by atoms with Gasteiger partial charge in [-0.25, -0.2) is 4.90 Å². The Morgan fingerprint density at radius 3 is 2.64 bits per heavy atom. The molecule has 1 atom stereocenters. The molecule has 0 aliphatic carbocycles. The molecule has 0 N–H and O–H groups in total. The lowest BCUT2D eigenvalue weighted by atomic mass is 10.2. The molecule has 116 valence electrons. The number of amides is 2. The van der Waals surface area contributed by atoms with Crippen LogP contribution in [0.15, 0.2) is 24.3 Å². The molecule has 1 fully saturated rings. The van der Waals surface area contributed by atoms with Crippen LogP contribution in [-0.4, -0.2) is 35.8 Å². The summed E-state index contributed by atoms with van der Waals surface area (Å²) in [6, 6.07) is 6.95. The van der Waals surface area contributed by atoms with Gasteiger partial charge >= 0.3 is 0 Å². The smallest absolute Gasteiger partial charge is 0.251 e. The minimum atomic E-state index is -0.436. The quantitative estimate of drug-likeness (QED) is 0.412. The van der Waals surface area contributed by atoms with E-state index in [2.05, 4.69) is 35.4 Å². The third-order valence-electron chi connectivity index (χ3n) is 3.74. The number of unbranched alkanes of at least 4 members (excludes halogenated alkanes) is 1. The van der Waals surface area contributed by atoms with E-state index in [-0.39, 0.29) is 18.2 Å². The number of nitrogens with zero attached hydrogens (tertiary/aromatic N) is 2. The average molecular weight is 410 g/mol. The molecule has 1 saturated heterocycles. The molecule has 1 unspecified atom stereocenters. The molecular formula is C17H19IN2O2. The van der Waals surface area contributed by atoms with Crippen molar-refractivity contribution < 1.29 is 9.59 Å². The third-order valence-corrected chi connectivity index (χ3v) is 4.46. The van der Waals surface area contributed by atoms with E-state index in [4.69, 9.17) is 6.42 Å². The number of imide groups is 1. The minimum absolute atomic E-state index is 0.158. The van der Waals surface area contributed by atoms with E-state index in [0.29, 0.717) is 12.2 Å². The van der Waals surface area contributed by atoms with Crippen LogP contribution in [0.25, 0.3) is 0 Å². The van der Waals surface area contributed by atoms with Crippen molar-refractivity contribution in [2.45, 2.75) is 32.2 Å². The molecular weight excluding hydrogens is 391 g/mol. The molecule has 0 aromatic heterocycles. The van der Waals surface area contributed by atoms with Gasteiger partial charge in [-0.1, -0.05) is 19.3 Å². The van der Waals surface area contributed by atoms with Gasteiger partial charge in [-0.2, -0.15) is 0 Å². The van der Waals surface area contributed by atoms with Crippen LogP contribution < -0.4 is 4.90 Å².